The van der Waals surface area contributed by atoms with E-state index in [0.717, 1.165) is 11.1 Å². The average molecular weight is 405 g/mol. The number of hydrogen-bond donors (Lipinski definition) is 1. The molecule has 0 aliphatic carbocycles. The molecular formula is C23H23N3O4. The summed E-state index contributed by atoms with van der Waals surface area (Å²) in [5.74, 6) is 2.43. The maximum absolute atomic E-state index is 12.7. The Morgan fingerprint density at radius 1 is 1.13 bits per heavy atom. The van der Waals surface area contributed by atoms with E-state index in [1.807, 2.05) is 45.0 Å². The average Bonchev–Trinajstić information content (AvgIpc) is 3.20. The lowest BCUT2D eigenvalue weighted by Crippen LogP contribution is -2.28. The summed E-state index contributed by atoms with van der Waals surface area (Å²) in [4.78, 5) is 21.7. The minimum absolute atomic E-state index is 0.173. The highest BCUT2D eigenvalue weighted by Crippen LogP contribution is 2.37. The number of carbonyl (C=O) groups excluding carboxylic acids is 1. The van der Waals surface area contributed by atoms with E-state index in [1.165, 1.54) is 6.20 Å². The van der Waals surface area contributed by atoms with Crippen LogP contribution in [0, 0.1) is 12.8 Å². The monoisotopic (exact) mass is 405 g/mol. The van der Waals surface area contributed by atoms with Crippen LogP contribution in [0.2, 0.25) is 0 Å². The zero-order valence-corrected chi connectivity index (χ0v) is 17.1. The molecule has 0 saturated heterocycles. The van der Waals surface area contributed by atoms with Crippen LogP contribution in [-0.4, -0.2) is 29.2 Å². The molecule has 1 aliphatic heterocycles. The van der Waals surface area contributed by atoms with Gasteiger partial charge in [-0.2, -0.15) is 4.98 Å². The fourth-order valence-corrected chi connectivity index (χ4v) is 2.89. The number of benzene rings is 2. The fraction of sp³-hybridized carbons (Fsp3) is 0.261. The molecule has 1 aliphatic rings. The van der Waals surface area contributed by atoms with Crippen molar-refractivity contribution < 1.29 is 19.0 Å². The predicted octanol–water partition coefficient (Wildman–Crippen LogP) is 4.36. The summed E-state index contributed by atoms with van der Waals surface area (Å²) >= 11 is 0. The molecule has 7 nitrogen and oxygen atoms in total. The van der Waals surface area contributed by atoms with Crippen LogP contribution in [0.25, 0.3) is 11.4 Å². The molecule has 4 rings (SSSR count). The number of rotatable bonds is 6. The van der Waals surface area contributed by atoms with Crippen molar-refractivity contribution in [3.63, 3.8) is 0 Å². The molecule has 30 heavy (non-hydrogen) atoms. The molecule has 0 radical (unpaired) electrons. The Bertz CT molecular complexity index is 1060. The first-order chi connectivity index (χ1) is 14.5. The second-order valence-corrected chi connectivity index (χ2v) is 7.50. The molecule has 2 aromatic carbocycles. The summed E-state index contributed by atoms with van der Waals surface area (Å²) in [6.45, 7) is 6.79. The number of aryl methyl sites for hydroxylation is 1. The molecule has 0 saturated carbocycles. The Morgan fingerprint density at radius 3 is 2.67 bits per heavy atom. The van der Waals surface area contributed by atoms with Crippen LogP contribution in [0.15, 0.2) is 48.7 Å². The Morgan fingerprint density at radius 2 is 1.90 bits per heavy atom. The van der Waals surface area contributed by atoms with Gasteiger partial charge >= 0.3 is 0 Å². The highest BCUT2D eigenvalue weighted by Gasteiger charge is 2.20. The van der Waals surface area contributed by atoms with Crippen LogP contribution in [0.5, 0.6) is 23.1 Å². The zero-order chi connectivity index (χ0) is 21.1. The van der Waals surface area contributed by atoms with Gasteiger partial charge in [0.15, 0.2) is 17.3 Å². The second kappa shape index (κ2) is 8.41. The van der Waals surface area contributed by atoms with Gasteiger partial charge in [0, 0.05) is 24.4 Å². The van der Waals surface area contributed by atoms with E-state index in [9.17, 15) is 4.79 Å². The maximum Gasteiger partial charge on any atom is 0.258 e. The lowest BCUT2D eigenvalue weighted by Gasteiger charge is -2.13. The van der Waals surface area contributed by atoms with Gasteiger partial charge in [0.05, 0.1) is 0 Å². The molecule has 0 atom stereocenters. The van der Waals surface area contributed by atoms with Crippen LogP contribution in [0.1, 0.15) is 29.8 Å². The molecule has 0 unspecified atom stereocenters. The zero-order valence-electron chi connectivity index (χ0n) is 17.1. The van der Waals surface area contributed by atoms with Crippen LogP contribution < -0.4 is 19.5 Å². The largest absolute Gasteiger partial charge is 0.454 e. The molecule has 3 aromatic rings. The van der Waals surface area contributed by atoms with E-state index < -0.39 is 0 Å². The number of nitrogens with zero attached hydrogens (tertiary/aromatic N) is 2. The summed E-state index contributed by atoms with van der Waals surface area (Å²) in [5, 5.41) is 2.89. The summed E-state index contributed by atoms with van der Waals surface area (Å²) < 4.78 is 16.7. The standard InChI is InChI=1S/C23H23N3O4/c1-14(2)11-25-22(27)18-12-24-21(16-6-4-15(3)5-7-16)26-23(18)30-17-8-9-19-20(10-17)29-13-28-19/h4-10,12,14H,11,13H2,1-3H3,(H,25,27). The minimum Gasteiger partial charge on any atom is -0.454 e. The van der Waals surface area contributed by atoms with Crippen LogP contribution >= 0.6 is 0 Å². The molecule has 1 aromatic heterocycles. The first-order valence-electron chi connectivity index (χ1n) is 9.79. The smallest absolute Gasteiger partial charge is 0.258 e. The number of fused-ring (bicyclic) bond motifs is 1. The lowest BCUT2D eigenvalue weighted by atomic mass is 10.1. The second-order valence-electron chi connectivity index (χ2n) is 7.50. The summed E-state index contributed by atoms with van der Waals surface area (Å²) in [6.07, 6.45) is 1.50. The van der Waals surface area contributed by atoms with Crippen molar-refractivity contribution in [3.05, 3.63) is 59.8 Å². The Hall–Kier alpha value is -3.61. The number of ether oxygens (including phenoxy) is 3. The van der Waals surface area contributed by atoms with Gasteiger partial charge in [-0.05, 0) is 25.0 Å². The molecule has 7 heteroatoms. The summed E-state index contributed by atoms with van der Waals surface area (Å²) in [6, 6.07) is 13.1. The van der Waals surface area contributed by atoms with E-state index >= 15 is 0 Å². The van der Waals surface area contributed by atoms with Crippen molar-refractivity contribution >= 4 is 5.91 Å². The normalized spacial score (nSPS) is 12.1. The third-order valence-electron chi connectivity index (χ3n) is 4.54. The van der Waals surface area contributed by atoms with Gasteiger partial charge in [0.2, 0.25) is 12.7 Å². The van der Waals surface area contributed by atoms with E-state index in [-0.39, 0.29) is 24.1 Å². The summed E-state index contributed by atoms with van der Waals surface area (Å²) in [5.41, 5.74) is 2.25. The third kappa shape index (κ3) is 4.35. The molecule has 2 heterocycles. The molecule has 1 amide bonds. The maximum atomic E-state index is 12.7. The van der Waals surface area contributed by atoms with Gasteiger partial charge in [-0.1, -0.05) is 43.7 Å². The number of nitrogens with one attached hydrogen (secondary N) is 1. The predicted molar refractivity (Wildman–Crippen MR) is 112 cm³/mol. The van der Waals surface area contributed by atoms with E-state index in [1.54, 1.807) is 18.2 Å². The van der Waals surface area contributed by atoms with Crippen molar-refractivity contribution in [1.29, 1.82) is 0 Å². The number of aromatic nitrogens is 2. The van der Waals surface area contributed by atoms with E-state index in [4.69, 9.17) is 14.2 Å². The van der Waals surface area contributed by atoms with Crippen molar-refractivity contribution in [2.45, 2.75) is 20.8 Å². The van der Waals surface area contributed by atoms with Gasteiger partial charge < -0.3 is 19.5 Å². The van der Waals surface area contributed by atoms with Gasteiger partial charge in [0.1, 0.15) is 11.3 Å². The van der Waals surface area contributed by atoms with Crippen molar-refractivity contribution in [2.24, 2.45) is 5.92 Å². The van der Waals surface area contributed by atoms with Crippen molar-refractivity contribution in [1.82, 2.24) is 15.3 Å². The molecule has 0 spiro atoms. The quantitative estimate of drug-likeness (QED) is 0.656. The highest BCUT2D eigenvalue weighted by molar-refractivity contribution is 5.96. The van der Waals surface area contributed by atoms with Gasteiger partial charge in [-0.15, -0.1) is 0 Å². The van der Waals surface area contributed by atoms with E-state index in [2.05, 4.69) is 15.3 Å². The topological polar surface area (TPSA) is 82.6 Å². The van der Waals surface area contributed by atoms with Crippen molar-refractivity contribution in [2.75, 3.05) is 13.3 Å². The highest BCUT2D eigenvalue weighted by atomic mass is 16.7. The number of amides is 1. The van der Waals surface area contributed by atoms with Crippen LogP contribution in [0.4, 0.5) is 0 Å². The summed E-state index contributed by atoms with van der Waals surface area (Å²) in [7, 11) is 0. The molecule has 154 valence electrons. The molecule has 0 bridgehead atoms. The lowest BCUT2D eigenvalue weighted by molar-refractivity contribution is 0.0945. The fourth-order valence-electron chi connectivity index (χ4n) is 2.89. The number of carbonyl (C=O) groups is 1. The minimum atomic E-state index is -0.283. The van der Waals surface area contributed by atoms with E-state index in [0.29, 0.717) is 35.5 Å². The van der Waals surface area contributed by atoms with Crippen LogP contribution in [-0.2, 0) is 0 Å². The first-order valence-corrected chi connectivity index (χ1v) is 9.79. The van der Waals surface area contributed by atoms with Gasteiger partial charge in [-0.3, -0.25) is 4.79 Å². The Kier molecular flexibility index (Phi) is 5.52. The van der Waals surface area contributed by atoms with Crippen molar-refractivity contribution in [3.8, 4) is 34.5 Å². The molecule has 1 N–H and O–H groups in total. The Balaban J connectivity index is 1.68. The van der Waals surface area contributed by atoms with Gasteiger partial charge in [-0.25, -0.2) is 4.98 Å². The first kappa shape index (κ1) is 19.7. The molecule has 0 fully saturated rings. The molecular weight excluding hydrogens is 382 g/mol. The van der Waals surface area contributed by atoms with Gasteiger partial charge in [0.25, 0.3) is 5.91 Å². The SMILES string of the molecule is Cc1ccc(-c2ncc(C(=O)NCC(C)C)c(Oc3ccc4c(c3)OCO4)n2)cc1. The third-order valence-corrected chi connectivity index (χ3v) is 4.54. The number of hydrogen-bond acceptors (Lipinski definition) is 6. The van der Waals surface area contributed by atoms with Crippen LogP contribution in [0.3, 0.4) is 0 Å². The Labute approximate surface area is 175 Å².